The number of hydrogen-bond donors (Lipinski definition) is 1. The number of rotatable bonds is 9. The number of carbonyl (C=O) groups excluding carboxylic acids is 2. The third kappa shape index (κ3) is 5.89. The lowest BCUT2D eigenvalue weighted by Gasteiger charge is -2.29. The maximum Gasteiger partial charge on any atom is 0.295 e. The van der Waals surface area contributed by atoms with Gasteiger partial charge in [0, 0.05) is 31.7 Å². The van der Waals surface area contributed by atoms with Crippen LogP contribution in [-0.2, 0) is 14.3 Å². The van der Waals surface area contributed by atoms with Crippen LogP contribution in [0.2, 0.25) is 0 Å². The minimum Gasteiger partial charge on any atom is -0.507 e. The Morgan fingerprint density at radius 1 is 1.08 bits per heavy atom. The number of likely N-dealkylation sites (tertiary alicyclic amines) is 1. The molecule has 2 saturated heterocycles. The third-order valence-electron chi connectivity index (χ3n) is 7.18. The molecule has 2 heterocycles. The molecule has 198 valence electrons. The second kappa shape index (κ2) is 11.9. The number of ketones is 1. The number of Topliss-reactive ketones (excluding diaryl/α,β-unsaturated/α-hetero) is 1. The van der Waals surface area contributed by atoms with Crippen molar-refractivity contribution < 1.29 is 24.2 Å². The third-order valence-corrected chi connectivity index (χ3v) is 7.18. The van der Waals surface area contributed by atoms with Gasteiger partial charge >= 0.3 is 0 Å². The minimum absolute atomic E-state index is 0.136. The van der Waals surface area contributed by atoms with Gasteiger partial charge in [-0.1, -0.05) is 38.1 Å². The molecule has 0 aliphatic carbocycles. The van der Waals surface area contributed by atoms with Crippen LogP contribution in [0.5, 0.6) is 5.75 Å². The first-order valence-corrected chi connectivity index (χ1v) is 13.2. The lowest BCUT2D eigenvalue weighted by Crippen LogP contribution is -2.38. The molecular formula is C30H38N2O5. The van der Waals surface area contributed by atoms with Gasteiger partial charge in [-0.05, 0) is 61.1 Å². The van der Waals surface area contributed by atoms with E-state index in [0.717, 1.165) is 42.9 Å². The summed E-state index contributed by atoms with van der Waals surface area (Å²) in [7, 11) is 0. The Balaban J connectivity index is 1.69. The molecule has 4 rings (SSSR count). The molecule has 2 aromatic carbocycles. The Bertz CT molecular complexity index is 1150. The van der Waals surface area contributed by atoms with Crippen molar-refractivity contribution in [2.45, 2.75) is 46.1 Å². The molecule has 2 aromatic rings. The predicted octanol–water partition coefficient (Wildman–Crippen LogP) is 4.66. The second-order valence-electron chi connectivity index (χ2n) is 10.0. The van der Waals surface area contributed by atoms with E-state index in [1.54, 1.807) is 23.1 Å². The van der Waals surface area contributed by atoms with Crippen LogP contribution >= 0.6 is 0 Å². The Kier molecular flexibility index (Phi) is 8.67. The van der Waals surface area contributed by atoms with E-state index in [2.05, 4.69) is 18.7 Å². The number of carbonyl (C=O) groups is 2. The smallest absolute Gasteiger partial charge is 0.295 e. The Labute approximate surface area is 219 Å². The normalized spacial score (nSPS) is 20.1. The summed E-state index contributed by atoms with van der Waals surface area (Å²) in [6, 6.07) is 12.7. The molecule has 0 bridgehead atoms. The molecule has 2 aliphatic heterocycles. The van der Waals surface area contributed by atoms with E-state index in [4.69, 9.17) is 9.47 Å². The van der Waals surface area contributed by atoms with Crippen molar-refractivity contribution >= 4 is 17.4 Å². The van der Waals surface area contributed by atoms with Crippen LogP contribution in [0.15, 0.2) is 48.0 Å². The fourth-order valence-electron chi connectivity index (χ4n) is 5.08. The van der Waals surface area contributed by atoms with Gasteiger partial charge in [0.1, 0.15) is 11.5 Å². The van der Waals surface area contributed by atoms with Crippen molar-refractivity contribution in [3.63, 3.8) is 0 Å². The molecule has 7 nitrogen and oxygen atoms in total. The van der Waals surface area contributed by atoms with Gasteiger partial charge in [-0.2, -0.15) is 0 Å². The maximum atomic E-state index is 13.3. The van der Waals surface area contributed by atoms with E-state index < -0.39 is 17.7 Å². The van der Waals surface area contributed by atoms with Gasteiger partial charge in [-0.25, -0.2) is 0 Å². The molecule has 0 radical (unpaired) electrons. The summed E-state index contributed by atoms with van der Waals surface area (Å²) >= 11 is 0. The zero-order chi connectivity index (χ0) is 26.5. The first kappa shape index (κ1) is 26.9. The number of nitrogens with zero attached hydrogens (tertiary/aromatic N) is 2. The molecule has 1 atom stereocenters. The van der Waals surface area contributed by atoms with E-state index >= 15 is 0 Å². The molecule has 0 aromatic heterocycles. The number of ether oxygens (including phenoxy) is 2. The first-order chi connectivity index (χ1) is 17.8. The van der Waals surface area contributed by atoms with Gasteiger partial charge in [0.05, 0.1) is 31.4 Å². The Hall–Kier alpha value is -3.16. The van der Waals surface area contributed by atoms with Crippen LogP contribution in [0.3, 0.4) is 0 Å². The summed E-state index contributed by atoms with van der Waals surface area (Å²) in [6.45, 7) is 13.0. The van der Waals surface area contributed by atoms with Crippen molar-refractivity contribution in [3.8, 4) is 5.75 Å². The van der Waals surface area contributed by atoms with Crippen LogP contribution < -0.4 is 4.74 Å². The van der Waals surface area contributed by atoms with Gasteiger partial charge in [0.2, 0.25) is 0 Å². The summed E-state index contributed by atoms with van der Waals surface area (Å²) in [6.07, 6.45) is 0.732. The van der Waals surface area contributed by atoms with Gasteiger partial charge in [0.25, 0.3) is 11.7 Å². The summed E-state index contributed by atoms with van der Waals surface area (Å²) in [5.41, 5.74) is 3.48. The molecule has 0 spiro atoms. The highest BCUT2D eigenvalue weighted by Gasteiger charge is 2.45. The van der Waals surface area contributed by atoms with Crippen molar-refractivity contribution in [2.75, 3.05) is 46.0 Å². The topological polar surface area (TPSA) is 79.3 Å². The lowest BCUT2D eigenvalue weighted by atomic mass is 9.93. The number of aliphatic hydroxyl groups is 1. The first-order valence-electron chi connectivity index (χ1n) is 13.2. The molecule has 0 unspecified atom stereocenters. The summed E-state index contributed by atoms with van der Waals surface area (Å²) in [4.78, 5) is 30.6. The SMILES string of the molecule is CCOc1ccc(C(O)=C2C(=O)C(=O)N(CCCN3CCOCC3)[C@@H]2c2ccc(C(C)C)cc2)cc1C. The largest absolute Gasteiger partial charge is 0.507 e. The minimum atomic E-state index is -0.645. The van der Waals surface area contributed by atoms with E-state index in [1.807, 2.05) is 38.1 Å². The number of hydrogen-bond acceptors (Lipinski definition) is 6. The monoisotopic (exact) mass is 506 g/mol. The predicted molar refractivity (Wildman–Crippen MR) is 144 cm³/mol. The van der Waals surface area contributed by atoms with Crippen molar-refractivity contribution in [1.29, 1.82) is 0 Å². The molecule has 2 fully saturated rings. The van der Waals surface area contributed by atoms with E-state index in [0.29, 0.717) is 37.8 Å². The second-order valence-corrected chi connectivity index (χ2v) is 10.0. The lowest BCUT2D eigenvalue weighted by molar-refractivity contribution is -0.140. The Morgan fingerprint density at radius 2 is 1.78 bits per heavy atom. The molecule has 1 amide bonds. The highest BCUT2D eigenvalue weighted by Crippen LogP contribution is 2.40. The molecule has 7 heteroatoms. The molecule has 0 saturated carbocycles. The van der Waals surface area contributed by atoms with Crippen molar-refractivity contribution in [2.24, 2.45) is 0 Å². The quantitative estimate of drug-likeness (QED) is 0.303. The highest BCUT2D eigenvalue weighted by molar-refractivity contribution is 6.46. The molecular weight excluding hydrogens is 468 g/mol. The van der Waals surface area contributed by atoms with Gasteiger partial charge in [-0.15, -0.1) is 0 Å². The molecule has 37 heavy (non-hydrogen) atoms. The zero-order valence-corrected chi connectivity index (χ0v) is 22.3. The van der Waals surface area contributed by atoms with Crippen LogP contribution in [-0.4, -0.2) is 72.6 Å². The number of amides is 1. The van der Waals surface area contributed by atoms with E-state index in [1.165, 1.54) is 5.56 Å². The fourth-order valence-corrected chi connectivity index (χ4v) is 5.08. The average molecular weight is 507 g/mol. The van der Waals surface area contributed by atoms with Crippen LogP contribution in [0.1, 0.15) is 61.4 Å². The van der Waals surface area contributed by atoms with E-state index in [9.17, 15) is 14.7 Å². The van der Waals surface area contributed by atoms with Crippen molar-refractivity contribution in [3.05, 3.63) is 70.3 Å². The maximum absolute atomic E-state index is 13.3. The van der Waals surface area contributed by atoms with Crippen LogP contribution in [0, 0.1) is 6.92 Å². The summed E-state index contributed by atoms with van der Waals surface area (Å²) in [5.74, 6) is -0.278. The fraction of sp³-hybridized carbons (Fsp3) is 0.467. The van der Waals surface area contributed by atoms with Gasteiger partial charge < -0.3 is 19.5 Å². The number of aliphatic hydroxyl groups excluding tert-OH is 1. The Morgan fingerprint density at radius 3 is 2.41 bits per heavy atom. The highest BCUT2D eigenvalue weighted by atomic mass is 16.5. The molecule has 2 aliphatic rings. The molecule has 1 N–H and O–H groups in total. The summed E-state index contributed by atoms with van der Waals surface area (Å²) < 4.78 is 11.1. The van der Waals surface area contributed by atoms with Crippen LogP contribution in [0.4, 0.5) is 0 Å². The van der Waals surface area contributed by atoms with Crippen LogP contribution in [0.25, 0.3) is 5.76 Å². The van der Waals surface area contributed by atoms with Gasteiger partial charge in [0.15, 0.2) is 0 Å². The van der Waals surface area contributed by atoms with Gasteiger partial charge in [-0.3, -0.25) is 14.5 Å². The number of morpholine rings is 1. The summed E-state index contributed by atoms with van der Waals surface area (Å²) in [5, 5.41) is 11.4. The number of aryl methyl sites for hydroxylation is 1. The van der Waals surface area contributed by atoms with E-state index in [-0.39, 0.29) is 11.3 Å². The zero-order valence-electron chi connectivity index (χ0n) is 22.3. The standard InChI is InChI=1S/C30H38N2O5/c1-5-37-25-12-11-24(19-21(25)4)28(33)26-27(23-9-7-22(8-10-23)20(2)3)32(30(35)29(26)34)14-6-13-31-15-17-36-18-16-31/h7-12,19-20,27,33H,5-6,13-18H2,1-4H3/t27-/m1/s1. The number of benzene rings is 2. The average Bonchev–Trinajstić information content (AvgIpc) is 3.15. The van der Waals surface area contributed by atoms with Crippen molar-refractivity contribution in [1.82, 2.24) is 9.80 Å².